The van der Waals surface area contributed by atoms with Gasteiger partial charge in [0.1, 0.15) is 18.0 Å². The number of aromatic amines is 1. The number of para-hydroxylation sites is 1. The highest BCUT2D eigenvalue weighted by molar-refractivity contribution is 5.89. The molecular formula is C24H23N3O3. The van der Waals surface area contributed by atoms with E-state index < -0.39 is 6.10 Å². The van der Waals surface area contributed by atoms with Gasteiger partial charge in [0.15, 0.2) is 0 Å². The molecule has 3 heterocycles. The topological polar surface area (TPSA) is 78.5 Å². The lowest BCUT2D eigenvalue weighted by atomic mass is 10.0. The second-order valence-corrected chi connectivity index (χ2v) is 7.77. The van der Waals surface area contributed by atoms with E-state index in [1.54, 1.807) is 17.3 Å². The Kier molecular flexibility index (Phi) is 4.85. The number of aromatic nitrogens is 2. The van der Waals surface area contributed by atoms with Crippen molar-refractivity contribution in [3.8, 4) is 5.75 Å². The van der Waals surface area contributed by atoms with Crippen molar-refractivity contribution in [2.24, 2.45) is 0 Å². The van der Waals surface area contributed by atoms with Crippen molar-refractivity contribution in [2.75, 3.05) is 13.1 Å². The average molecular weight is 401 g/mol. The first-order chi connectivity index (χ1) is 14.7. The van der Waals surface area contributed by atoms with Gasteiger partial charge >= 0.3 is 0 Å². The summed E-state index contributed by atoms with van der Waals surface area (Å²) in [5.74, 6) is 0.729. The largest absolute Gasteiger partial charge is 0.488 e. The Hall–Kier alpha value is -3.38. The molecule has 1 fully saturated rings. The van der Waals surface area contributed by atoms with Gasteiger partial charge in [-0.25, -0.2) is 0 Å². The van der Waals surface area contributed by atoms with E-state index in [4.69, 9.17) is 4.74 Å². The highest BCUT2D eigenvalue weighted by Gasteiger charge is 2.31. The highest BCUT2D eigenvalue weighted by atomic mass is 16.5. The van der Waals surface area contributed by atoms with E-state index in [1.807, 2.05) is 54.7 Å². The lowest BCUT2D eigenvalue weighted by molar-refractivity contribution is -0.136. The molecule has 0 bridgehead atoms. The minimum atomic E-state index is -0.727. The number of ether oxygens (including phenoxy) is 1. The predicted molar refractivity (Wildman–Crippen MR) is 115 cm³/mol. The summed E-state index contributed by atoms with van der Waals surface area (Å²) in [7, 11) is 0. The Morgan fingerprint density at radius 2 is 2.10 bits per heavy atom. The van der Waals surface area contributed by atoms with Gasteiger partial charge in [-0.05, 0) is 35.2 Å². The number of amides is 1. The molecule has 30 heavy (non-hydrogen) atoms. The molecule has 0 saturated carbocycles. The number of fused-ring (bicyclic) bond motifs is 2. The summed E-state index contributed by atoms with van der Waals surface area (Å²) in [6.45, 7) is 0.846. The van der Waals surface area contributed by atoms with Crippen LogP contribution < -0.4 is 4.74 Å². The number of hydrogen-bond acceptors (Lipinski definition) is 4. The molecule has 1 aliphatic heterocycles. The van der Waals surface area contributed by atoms with Crippen molar-refractivity contribution in [2.45, 2.75) is 25.0 Å². The number of nitrogens with one attached hydrogen (secondary N) is 1. The smallest absolute Gasteiger partial charge is 0.227 e. The zero-order valence-corrected chi connectivity index (χ0v) is 16.5. The van der Waals surface area contributed by atoms with Crippen molar-refractivity contribution >= 4 is 27.6 Å². The molecule has 1 aliphatic rings. The van der Waals surface area contributed by atoms with Gasteiger partial charge in [-0.1, -0.05) is 24.3 Å². The van der Waals surface area contributed by atoms with Gasteiger partial charge in [0.2, 0.25) is 5.91 Å². The summed E-state index contributed by atoms with van der Waals surface area (Å²) >= 11 is 0. The Labute approximate surface area is 174 Å². The summed E-state index contributed by atoms with van der Waals surface area (Å²) in [4.78, 5) is 21.9. The summed E-state index contributed by atoms with van der Waals surface area (Å²) < 4.78 is 6.05. The maximum absolute atomic E-state index is 12.8. The van der Waals surface area contributed by atoms with Gasteiger partial charge in [0.25, 0.3) is 0 Å². The van der Waals surface area contributed by atoms with Crippen LogP contribution in [0, 0.1) is 0 Å². The third kappa shape index (κ3) is 3.62. The van der Waals surface area contributed by atoms with Crippen LogP contribution in [0.25, 0.3) is 21.7 Å². The van der Waals surface area contributed by atoms with Gasteiger partial charge in [-0.15, -0.1) is 0 Å². The minimum Gasteiger partial charge on any atom is -0.488 e. The number of hydrogen-bond donors (Lipinski definition) is 2. The Morgan fingerprint density at radius 1 is 1.20 bits per heavy atom. The maximum atomic E-state index is 12.8. The van der Waals surface area contributed by atoms with Crippen LogP contribution in [0.5, 0.6) is 5.75 Å². The van der Waals surface area contributed by atoms with Crippen LogP contribution >= 0.6 is 0 Å². The molecule has 2 atom stereocenters. The standard InChI is InChI=1S/C24H23N3O3/c28-22-15-27(24(29)12-18-14-26-21-4-2-1-3-20(18)21)10-8-23(22)30-19-6-5-16-7-9-25-13-17(16)11-19/h1-7,9,11,13-14,22-23,26,28H,8,10,12,15H2/t22-,23-/m1/s1. The van der Waals surface area contributed by atoms with Gasteiger partial charge < -0.3 is 19.7 Å². The number of nitrogens with zero attached hydrogens (tertiary/aromatic N) is 2. The van der Waals surface area contributed by atoms with E-state index in [2.05, 4.69) is 9.97 Å². The normalized spacial score (nSPS) is 19.3. The van der Waals surface area contributed by atoms with Gasteiger partial charge in [0, 0.05) is 47.8 Å². The Morgan fingerprint density at radius 3 is 3.00 bits per heavy atom. The quantitative estimate of drug-likeness (QED) is 0.550. The van der Waals surface area contributed by atoms with E-state index in [0.29, 0.717) is 25.1 Å². The number of likely N-dealkylation sites (tertiary alicyclic amines) is 1. The number of benzene rings is 2. The van der Waals surface area contributed by atoms with Gasteiger partial charge in [-0.2, -0.15) is 0 Å². The van der Waals surface area contributed by atoms with Crippen LogP contribution in [0.3, 0.4) is 0 Å². The number of aliphatic hydroxyl groups excluding tert-OH is 1. The molecule has 0 radical (unpaired) electrons. The predicted octanol–water partition coefficient (Wildman–Crippen LogP) is 3.30. The fourth-order valence-electron chi connectivity index (χ4n) is 4.14. The number of H-pyrrole nitrogens is 1. The van der Waals surface area contributed by atoms with E-state index in [0.717, 1.165) is 27.2 Å². The lowest BCUT2D eigenvalue weighted by Gasteiger charge is -2.36. The molecule has 1 amide bonds. The molecule has 6 nitrogen and oxygen atoms in total. The number of carbonyl (C=O) groups is 1. The molecule has 1 saturated heterocycles. The Bertz CT molecular complexity index is 1200. The number of piperidine rings is 1. The summed E-state index contributed by atoms with van der Waals surface area (Å²) in [6.07, 6.45) is 5.29. The molecule has 2 N–H and O–H groups in total. The number of β-amino-alcohol motifs (C(OH)–C–C–N with tert-alkyl or cyclic N) is 1. The lowest BCUT2D eigenvalue weighted by Crippen LogP contribution is -2.51. The third-order valence-corrected chi connectivity index (χ3v) is 5.79. The van der Waals surface area contributed by atoms with Crippen molar-refractivity contribution in [1.82, 2.24) is 14.9 Å². The van der Waals surface area contributed by atoms with Crippen LogP contribution in [0.2, 0.25) is 0 Å². The monoisotopic (exact) mass is 401 g/mol. The third-order valence-electron chi connectivity index (χ3n) is 5.79. The first-order valence-corrected chi connectivity index (χ1v) is 10.2. The molecule has 152 valence electrons. The Balaban J connectivity index is 1.23. The second kappa shape index (κ2) is 7.80. The number of aliphatic hydroxyl groups is 1. The minimum absolute atomic E-state index is 0.0223. The molecule has 0 spiro atoms. The van der Waals surface area contributed by atoms with Crippen molar-refractivity contribution in [3.05, 3.63) is 72.7 Å². The fourth-order valence-corrected chi connectivity index (χ4v) is 4.14. The average Bonchev–Trinajstić information content (AvgIpc) is 3.18. The van der Waals surface area contributed by atoms with E-state index in [9.17, 15) is 9.90 Å². The number of pyridine rings is 1. The van der Waals surface area contributed by atoms with E-state index in [-0.39, 0.29) is 18.6 Å². The summed E-state index contributed by atoms with van der Waals surface area (Å²) in [5.41, 5.74) is 2.01. The fraction of sp³-hybridized carbons (Fsp3) is 0.250. The molecule has 0 aliphatic carbocycles. The molecule has 4 aromatic rings. The maximum Gasteiger partial charge on any atom is 0.227 e. The second-order valence-electron chi connectivity index (χ2n) is 7.77. The van der Waals surface area contributed by atoms with Crippen LogP contribution in [0.1, 0.15) is 12.0 Å². The van der Waals surface area contributed by atoms with Crippen LogP contribution in [0.4, 0.5) is 0 Å². The molecule has 0 unspecified atom stereocenters. The van der Waals surface area contributed by atoms with Gasteiger partial charge in [0.05, 0.1) is 13.0 Å². The van der Waals surface area contributed by atoms with Crippen molar-refractivity contribution in [1.29, 1.82) is 0 Å². The van der Waals surface area contributed by atoms with Crippen LogP contribution in [-0.4, -0.2) is 51.2 Å². The number of rotatable bonds is 4. The van der Waals surface area contributed by atoms with E-state index >= 15 is 0 Å². The summed E-state index contributed by atoms with van der Waals surface area (Å²) in [5, 5.41) is 13.8. The molecule has 5 rings (SSSR count). The van der Waals surface area contributed by atoms with Gasteiger partial charge in [-0.3, -0.25) is 9.78 Å². The highest BCUT2D eigenvalue weighted by Crippen LogP contribution is 2.25. The SMILES string of the molecule is O=C(Cc1c[nH]c2ccccc12)N1CC[C@@H](Oc2ccc3ccncc3c2)[C@H](O)C1. The first-order valence-electron chi connectivity index (χ1n) is 10.2. The molecule has 2 aromatic carbocycles. The van der Waals surface area contributed by atoms with Crippen LogP contribution in [-0.2, 0) is 11.2 Å². The van der Waals surface area contributed by atoms with Crippen LogP contribution in [0.15, 0.2) is 67.1 Å². The zero-order valence-electron chi connectivity index (χ0n) is 16.5. The molecular weight excluding hydrogens is 378 g/mol. The summed E-state index contributed by atoms with van der Waals surface area (Å²) in [6, 6.07) is 15.7. The first kappa shape index (κ1) is 18.6. The molecule has 2 aromatic heterocycles. The van der Waals surface area contributed by atoms with Crippen molar-refractivity contribution in [3.63, 3.8) is 0 Å². The van der Waals surface area contributed by atoms with E-state index in [1.165, 1.54) is 0 Å². The van der Waals surface area contributed by atoms with Crippen molar-refractivity contribution < 1.29 is 14.6 Å². The number of carbonyl (C=O) groups excluding carboxylic acids is 1. The molecule has 6 heteroatoms. The zero-order chi connectivity index (χ0) is 20.5.